The van der Waals surface area contributed by atoms with Crippen LogP contribution in [0.3, 0.4) is 0 Å². The van der Waals surface area contributed by atoms with Crippen molar-refractivity contribution in [3.63, 3.8) is 0 Å². The largest absolute Gasteiger partial charge is 0.382 e. The average Bonchev–Trinajstić information content (AvgIpc) is 3.35. The SMILES string of the molecule is C1=C2CC/C=C\c3ccc4cccc(c4c3)NC3CCC(CCCC(=C1)C2)C3. The van der Waals surface area contributed by atoms with Gasteiger partial charge in [-0.05, 0) is 80.4 Å². The van der Waals surface area contributed by atoms with Crippen molar-refractivity contribution in [1.82, 2.24) is 0 Å². The summed E-state index contributed by atoms with van der Waals surface area (Å²) < 4.78 is 0. The molecule has 2 aliphatic carbocycles. The van der Waals surface area contributed by atoms with Gasteiger partial charge in [0.2, 0.25) is 0 Å². The Hall–Kier alpha value is -2.28. The molecule has 0 radical (unpaired) electrons. The Morgan fingerprint density at radius 1 is 0.893 bits per heavy atom. The van der Waals surface area contributed by atoms with E-state index in [4.69, 9.17) is 0 Å². The molecule has 2 aromatic rings. The van der Waals surface area contributed by atoms with Crippen LogP contribution in [0.1, 0.15) is 63.4 Å². The van der Waals surface area contributed by atoms with Crippen molar-refractivity contribution in [2.24, 2.45) is 5.92 Å². The van der Waals surface area contributed by atoms with Crippen molar-refractivity contribution in [1.29, 1.82) is 0 Å². The first-order chi connectivity index (χ1) is 13.8. The molecule has 1 nitrogen and oxygen atoms in total. The predicted molar refractivity (Wildman–Crippen MR) is 122 cm³/mol. The number of rotatable bonds is 0. The lowest BCUT2D eigenvalue weighted by atomic mass is 9.96. The van der Waals surface area contributed by atoms with E-state index in [1.165, 1.54) is 73.4 Å². The maximum Gasteiger partial charge on any atom is 0.0422 e. The number of allylic oxidation sites excluding steroid dienone is 5. The molecule has 1 aliphatic heterocycles. The second-order valence-corrected chi connectivity index (χ2v) is 8.97. The molecule has 3 aliphatic rings. The van der Waals surface area contributed by atoms with Crippen LogP contribution in [-0.2, 0) is 0 Å². The van der Waals surface area contributed by atoms with E-state index in [0.29, 0.717) is 6.04 Å². The van der Waals surface area contributed by atoms with Crippen molar-refractivity contribution in [2.45, 2.75) is 63.8 Å². The molecule has 0 amide bonds. The topological polar surface area (TPSA) is 12.0 Å². The predicted octanol–water partition coefficient (Wildman–Crippen LogP) is 7.65. The number of anilines is 1. The highest BCUT2D eigenvalue weighted by atomic mass is 14.9. The molecule has 5 rings (SSSR count). The van der Waals surface area contributed by atoms with Crippen molar-refractivity contribution < 1.29 is 0 Å². The fraction of sp³-hybridized carbons (Fsp3) is 0.407. The summed E-state index contributed by atoms with van der Waals surface area (Å²) in [7, 11) is 0. The normalized spacial score (nSPS) is 26.3. The molecule has 1 N–H and O–H groups in total. The Morgan fingerprint density at radius 2 is 1.82 bits per heavy atom. The fourth-order valence-corrected chi connectivity index (χ4v) is 5.30. The zero-order valence-corrected chi connectivity index (χ0v) is 16.8. The molecule has 2 atom stereocenters. The number of fused-ring (bicyclic) bond motifs is 5. The molecule has 28 heavy (non-hydrogen) atoms. The molecule has 1 fully saturated rings. The summed E-state index contributed by atoms with van der Waals surface area (Å²) >= 11 is 0. The van der Waals surface area contributed by atoms with E-state index in [0.717, 1.165) is 12.3 Å². The van der Waals surface area contributed by atoms with Gasteiger partial charge in [-0.1, -0.05) is 66.1 Å². The summed E-state index contributed by atoms with van der Waals surface area (Å²) in [5.74, 6) is 0.902. The molecule has 0 saturated heterocycles. The van der Waals surface area contributed by atoms with Crippen LogP contribution in [0.15, 0.2) is 65.8 Å². The molecule has 1 heteroatoms. The third kappa shape index (κ3) is 3.94. The summed E-state index contributed by atoms with van der Waals surface area (Å²) in [6.07, 6.45) is 21.1. The van der Waals surface area contributed by atoms with Crippen LogP contribution in [0, 0.1) is 5.92 Å². The second kappa shape index (κ2) is 7.99. The van der Waals surface area contributed by atoms with E-state index in [2.05, 4.69) is 66.0 Å². The average molecular weight is 370 g/mol. The maximum atomic E-state index is 3.89. The van der Waals surface area contributed by atoms with Crippen molar-refractivity contribution in [3.8, 4) is 0 Å². The van der Waals surface area contributed by atoms with E-state index in [-0.39, 0.29) is 0 Å². The summed E-state index contributed by atoms with van der Waals surface area (Å²) in [6.45, 7) is 0. The van der Waals surface area contributed by atoms with Gasteiger partial charge in [-0.15, -0.1) is 0 Å². The Morgan fingerprint density at radius 3 is 2.79 bits per heavy atom. The van der Waals surface area contributed by atoms with E-state index >= 15 is 0 Å². The first kappa shape index (κ1) is 17.8. The molecule has 144 valence electrons. The van der Waals surface area contributed by atoms with Crippen molar-refractivity contribution in [3.05, 3.63) is 71.3 Å². The van der Waals surface area contributed by atoms with E-state index in [1.807, 2.05) is 0 Å². The zero-order valence-electron chi connectivity index (χ0n) is 16.8. The number of nitrogens with one attached hydrogen (secondary N) is 1. The van der Waals surface area contributed by atoms with Gasteiger partial charge in [0, 0.05) is 17.1 Å². The van der Waals surface area contributed by atoms with E-state index < -0.39 is 0 Å². The summed E-state index contributed by atoms with van der Waals surface area (Å²) in [6, 6.07) is 14.2. The van der Waals surface area contributed by atoms with Gasteiger partial charge < -0.3 is 5.32 Å². The lowest BCUT2D eigenvalue weighted by molar-refractivity contribution is 0.478. The lowest BCUT2D eigenvalue weighted by Gasteiger charge is -2.17. The molecular formula is C27H31N. The third-order valence-corrected chi connectivity index (χ3v) is 6.87. The van der Waals surface area contributed by atoms with E-state index in [9.17, 15) is 0 Å². The molecule has 2 unspecified atom stereocenters. The minimum absolute atomic E-state index is 0.632. The first-order valence-corrected chi connectivity index (χ1v) is 11.2. The molecule has 6 bridgehead atoms. The fourth-order valence-electron chi connectivity index (χ4n) is 5.30. The molecule has 1 heterocycles. The molecule has 1 saturated carbocycles. The van der Waals surface area contributed by atoms with Crippen LogP contribution in [0.25, 0.3) is 16.8 Å². The Kier molecular flexibility index (Phi) is 5.08. The minimum Gasteiger partial charge on any atom is -0.382 e. The van der Waals surface area contributed by atoms with Gasteiger partial charge in [0.1, 0.15) is 0 Å². The van der Waals surface area contributed by atoms with Crippen LogP contribution in [0.5, 0.6) is 0 Å². The van der Waals surface area contributed by atoms with E-state index in [1.54, 1.807) is 11.1 Å². The third-order valence-electron chi connectivity index (χ3n) is 6.87. The Balaban J connectivity index is 1.42. The molecule has 2 aromatic carbocycles. The standard InChI is InChI=1S/C27H31N/c1-2-6-23-13-15-24-9-4-10-27(26(24)19-23)28-25-16-14-22(18-25)8-3-7-21-12-11-20(5-1)17-21/h2,4,6,9-13,15,19,22,25,28H,1,3,5,7-8,14,16-18H2/b6-2-. The molecule has 0 spiro atoms. The number of benzene rings is 2. The van der Waals surface area contributed by atoms with Crippen LogP contribution in [-0.4, -0.2) is 6.04 Å². The summed E-state index contributed by atoms with van der Waals surface area (Å²) in [5, 5.41) is 6.59. The quantitative estimate of drug-likeness (QED) is 0.503. The highest BCUT2D eigenvalue weighted by Crippen LogP contribution is 2.35. The van der Waals surface area contributed by atoms with Crippen molar-refractivity contribution in [2.75, 3.05) is 5.32 Å². The Bertz CT molecular complexity index is 946. The highest BCUT2D eigenvalue weighted by molar-refractivity contribution is 5.95. The van der Waals surface area contributed by atoms with Crippen LogP contribution < -0.4 is 5.32 Å². The molecule has 0 aromatic heterocycles. The summed E-state index contributed by atoms with van der Waals surface area (Å²) in [5.41, 5.74) is 5.90. The second-order valence-electron chi connectivity index (χ2n) is 8.97. The smallest absolute Gasteiger partial charge is 0.0422 e. The lowest BCUT2D eigenvalue weighted by Crippen LogP contribution is -2.15. The van der Waals surface area contributed by atoms with Gasteiger partial charge in [-0.3, -0.25) is 0 Å². The van der Waals surface area contributed by atoms with Crippen LogP contribution in [0.4, 0.5) is 5.69 Å². The van der Waals surface area contributed by atoms with Gasteiger partial charge >= 0.3 is 0 Å². The Labute approximate surface area is 169 Å². The van der Waals surface area contributed by atoms with Gasteiger partial charge in [0.15, 0.2) is 0 Å². The monoisotopic (exact) mass is 369 g/mol. The van der Waals surface area contributed by atoms with Crippen LogP contribution >= 0.6 is 0 Å². The van der Waals surface area contributed by atoms with Gasteiger partial charge in [0.25, 0.3) is 0 Å². The first-order valence-electron chi connectivity index (χ1n) is 11.2. The minimum atomic E-state index is 0.632. The highest BCUT2D eigenvalue weighted by Gasteiger charge is 2.24. The van der Waals surface area contributed by atoms with Crippen molar-refractivity contribution >= 4 is 22.5 Å². The summed E-state index contributed by atoms with van der Waals surface area (Å²) in [4.78, 5) is 0. The number of hydrogen-bond acceptors (Lipinski definition) is 1. The van der Waals surface area contributed by atoms with Gasteiger partial charge in [0.05, 0.1) is 0 Å². The molecular weight excluding hydrogens is 338 g/mol. The van der Waals surface area contributed by atoms with Crippen LogP contribution in [0.2, 0.25) is 0 Å². The number of hydrogen-bond donors (Lipinski definition) is 1. The van der Waals surface area contributed by atoms with Gasteiger partial charge in [-0.25, -0.2) is 0 Å². The maximum absolute atomic E-state index is 3.89. The zero-order chi connectivity index (χ0) is 18.8. The van der Waals surface area contributed by atoms with Gasteiger partial charge in [-0.2, -0.15) is 0 Å².